The third-order valence-corrected chi connectivity index (χ3v) is 12.9. The number of benzene rings is 3. The van der Waals surface area contributed by atoms with Gasteiger partial charge >= 0.3 is 0 Å². The monoisotopic (exact) mass is 478 g/mol. The lowest BCUT2D eigenvalue weighted by atomic mass is 10.1. The maximum atomic E-state index is 2.54. The number of hydrogen-bond acceptors (Lipinski definition) is 0. The van der Waals surface area contributed by atoms with Crippen LogP contribution in [0.3, 0.4) is 0 Å². The van der Waals surface area contributed by atoms with Crippen molar-refractivity contribution in [2.45, 2.75) is 79.6 Å². The molecule has 3 aromatic carbocycles. The molecule has 1 heterocycles. The highest BCUT2D eigenvalue weighted by Crippen LogP contribution is 2.40. The van der Waals surface area contributed by atoms with Crippen LogP contribution in [-0.4, -0.2) is 8.07 Å². The van der Waals surface area contributed by atoms with Crippen molar-refractivity contribution in [3.8, 4) is 0 Å². The molecule has 35 heavy (non-hydrogen) atoms. The Balaban J connectivity index is 1.85. The Bertz CT molecular complexity index is 1170. The van der Waals surface area contributed by atoms with Crippen molar-refractivity contribution in [1.29, 1.82) is 0 Å². The molecule has 182 valence electrons. The predicted octanol–water partition coefficient (Wildman–Crippen LogP) is 8.20. The summed E-state index contributed by atoms with van der Waals surface area (Å²) < 4.78 is 0. The molecule has 0 nitrogen and oxygen atoms in total. The zero-order valence-electron chi connectivity index (χ0n) is 22.5. The van der Waals surface area contributed by atoms with Gasteiger partial charge in [0, 0.05) is 0 Å². The van der Waals surface area contributed by atoms with Gasteiger partial charge in [-0.1, -0.05) is 140 Å². The fourth-order valence-electron chi connectivity index (χ4n) is 6.09. The Labute approximate surface area is 214 Å². The van der Waals surface area contributed by atoms with Gasteiger partial charge in [0.1, 0.15) is 0 Å². The lowest BCUT2D eigenvalue weighted by molar-refractivity contribution is 0.717. The molecule has 3 aromatic rings. The molecule has 0 aliphatic carbocycles. The van der Waals surface area contributed by atoms with E-state index in [1.54, 1.807) is 15.6 Å². The molecule has 1 aliphatic rings. The number of rotatable bonds is 10. The maximum Gasteiger partial charge on any atom is 0.176 e. The lowest BCUT2D eigenvalue weighted by Gasteiger charge is -2.46. The van der Waals surface area contributed by atoms with Crippen LogP contribution in [0.1, 0.15) is 80.2 Å². The van der Waals surface area contributed by atoms with E-state index in [9.17, 15) is 0 Å². The van der Waals surface area contributed by atoms with Crippen molar-refractivity contribution in [3.05, 3.63) is 111 Å². The fourth-order valence-corrected chi connectivity index (χ4v) is 11.6. The number of aryl methyl sites for hydroxylation is 4. The number of hydrogen-bond donors (Lipinski definition) is 0. The molecule has 0 saturated carbocycles. The number of allylic oxidation sites excluding steroid dienone is 3. The van der Waals surface area contributed by atoms with E-state index in [4.69, 9.17) is 0 Å². The maximum absolute atomic E-state index is 2.54. The van der Waals surface area contributed by atoms with Crippen LogP contribution in [0.2, 0.25) is 0 Å². The van der Waals surface area contributed by atoms with Crippen molar-refractivity contribution in [2.24, 2.45) is 0 Å². The normalized spacial score (nSPS) is 18.4. The van der Waals surface area contributed by atoms with E-state index in [0.29, 0.717) is 0 Å². The standard InChI is InChI=1S/C34H42Si/c1-6-8-11-14-29-18-20-30(21-19-29)24-33-25-32(15-9-7-2)35(33,31-16-12-10-13-17-31)34-27(4)22-26(3)23-28(34)5/h10,12-13,16-25H,6-9,11,14-15H2,1-5H3/b33-24-. The summed E-state index contributed by atoms with van der Waals surface area (Å²) in [5.41, 5.74) is 7.07. The van der Waals surface area contributed by atoms with E-state index >= 15 is 0 Å². The summed E-state index contributed by atoms with van der Waals surface area (Å²) in [5, 5.41) is 6.41. The molecular weight excluding hydrogens is 436 g/mol. The molecule has 4 rings (SSSR count). The van der Waals surface area contributed by atoms with Gasteiger partial charge in [-0.05, 0) is 66.7 Å². The fraction of sp³-hybridized carbons (Fsp3) is 0.353. The van der Waals surface area contributed by atoms with Crippen molar-refractivity contribution >= 4 is 24.5 Å². The average Bonchev–Trinajstić information content (AvgIpc) is 2.84. The molecule has 0 bridgehead atoms. The van der Waals surface area contributed by atoms with Crippen molar-refractivity contribution < 1.29 is 0 Å². The van der Waals surface area contributed by atoms with Gasteiger partial charge in [-0.3, -0.25) is 0 Å². The second-order valence-electron chi connectivity index (χ2n) is 10.5. The molecule has 0 fully saturated rings. The first-order valence-corrected chi connectivity index (χ1v) is 15.7. The molecule has 0 amide bonds. The quantitative estimate of drug-likeness (QED) is 0.203. The van der Waals surface area contributed by atoms with E-state index < -0.39 is 8.07 Å². The van der Waals surface area contributed by atoms with Crippen LogP contribution in [0.15, 0.2) is 83.2 Å². The first-order valence-electron chi connectivity index (χ1n) is 13.7. The summed E-state index contributed by atoms with van der Waals surface area (Å²) in [6.07, 6.45) is 13.8. The number of unbranched alkanes of at least 4 members (excludes halogenated alkanes) is 3. The van der Waals surface area contributed by atoms with Gasteiger partial charge in [0.25, 0.3) is 0 Å². The van der Waals surface area contributed by atoms with Gasteiger partial charge < -0.3 is 0 Å². The van der Waals surface area contributed by atoms with Crippen LogP contribution in [0.4, 0.5) is 0 Å². The average molecular weight is 479 g/mol. The molecule has 0 aromatic heterocycles. The summed E-state index contributed by atoms with van der Waals surface area (Å²) in [5.74, 6) is 0. The first-order chi connectivity index (χ1) is 17.0. The summed E-state index contributed by atoms with van der Waals surface area (Å²) in [7, 11) is -2.20. The smallest absolute Gasteiger partial charge is 0.0674 e. The third-order valence-electron chi connectivity index (χ3n) is 7.67. The van der Waals surface area contributed by atoms with Crippen LogP contribution in [0.25, 0.3) is 6.08 Å². The highest BCUT2D eigenvalue weighted by molar-refractivity contribution is 7.15. The minimum Gasteiger partial charge on any atom is -0.0674 e. The van der Waals surface area contributed by atoms with E-state index in [-0.39, 0.29) is 0 Å². The van der Waals surface area contributed by atoms with E-state index in [2.05, 4.69) is 114 Å². The Morgan fingerprint density at radius 2 is 1.37 bits per heavy atom. The molecule has 0 radical (unpaired) electrons. The second kappa shape index (κ2) is 11.4. The van der Waals surface area contributed by atoms with Gasteiger partial charge in [-0.2, -0.15) is 0 Å². The van der Waals surface area contributed by atoms with Crippen molar-refractivity contribution in [3.63, 3.8) is 0 Å². The Morgan fingerprint density at radius 3 is 2.00 bits per heavy atom. The zero-order valence-corrected chi connectivity index (χ0v) is 23.5. The van der Waals surface area contributed by atoms with Crippen LogP contribution in [0, 0.1) is 20.8 Å². The second-order valence-corrected chi connectivity index (χ2v) is 14.3. The molecular formula is C34H42Si. The highest BCUT2D eigenvalue weighted by Gasteiger charge is 2.50. The molecule has 0 saturated heterocycles. The van der Waals surface area contributed by atoms with Crippen LogP contribution in [-0.2, 0) is 6.42 Å². The summed E-state index contributed by atoms with van der Waals surface area (Å²) in [6.45, 7) is 11.5. The van der Waals surface area contributed by atoms with E-state index in [0.717, 1.165) is 0 Å². The molecule has 1 atom stereocenters. The molecule has 0 N–H and O–H groups in total. The molecule has 1 unspecified atom stereocenters. The van der Waals surface area contributed by atoms with Gasteiger partial charge in [0.15, 0.2) is 8.07 Å². The SMILES string of the molecule is CCCCCc1ccc(/C=C2/C=C(CCCC)[Si]2(c2ccccc2)c2c(C)cc(C)cc2C)cc1. The third kappa shape index (κ3) is 5.16. The van der Waals surface area contributed by atoms with Gasteiger partial charge in [-0.15, -0.1) is 0 Å². The van der Waals surface area contributed by atoms with Gasteiger partial charge in [0.05, 0.1) is 0 Å². The van der Waals surface area contributed by atoms with Crippen LogP contribution < -0.4 is 10.4 Å². The first kappa shape index (κ1) is 25.4. The minimum absolute atomic E-state index is 1.19. The van der Waals surface area contributed by atoms with Crippen LogP contribution >= 0.6 is 0 Å². The Hall–Kier alpha value is -2.64. The highest BCUT2D eigenvalue weighted by atomic mass is 28.3. The minimum atomic E-state index is -2.20. The summed E-state index contributed by atoms with van der Waals surface area (Å²) in [4.78, 5) is 0. The molecule has 0 spiro atoms. The summed E-state index contributed by atoms with van der Waals surface area (Å²) >= 11 is 0. The van der Waals surface area contributed by atoms with Gasteiger partial charge in [0.2, 0.25) is 0 Å². The van der Waals surface area contributed by atoms with Crippen LogP contribution in [0.5, 0.6) is 0 Å². The Kier molecular flexibility index (Phi) is 8.29. The van der Waals surface area contributed by atoms with Gasteiger partial charge in [-0.25, -0.2) is 0 Å². The summed E-state index contributed by atoms with van der Waals surface area (Å²) in [6, 6.07) is 25.6. The molecule has 1 heteroatoms. The lowest BCUT2D eigenvalue weighted by Crippen LogP contribution is -2.67. The topological polar surface area (TPSA) is 0 Å². The molecule has 1 aliphatic heterocycles. The zero-order chi connectivity index (χ0) is 24.8. The van der Waals surface area contributed by atoms with Crippen molar-refractivity contribution in [2.75, 3.05) is 0 Å². The predicted molar refractivity (Wildman–Crippen MR) is 157 cm³/mol. The largest absolute Gasteiger partial charge is 0.176 e. The van der Waals surface area contributed by atoms with Crippen molar-refractivity contribution in [1.82, 2.24) is 0 Å². The Morgan fingerprint density at radius 1 is 0.714 bits per heavy atom. The van der Waals surface area contributed by atoms with E-state index in [1.165, 1.54) is 77.9 Å². The van der Waals surface area contributed by atoms with E-state index in [1.807, 2.05) is 0 Å².